The van der Waals surface area contributed by atoms with Crippen molar-refractivity contribution in [3.63, 3.8) is 0 Å². The molecule has 0 saturated carbocycles. The van der Waals surface area contributed by atoms with Gasteiger partial charge in [0.25, 0.3) is 0 Å². The van der Waals surface area contributed by atoms with Crippen LogP contribution in [0.4, 0.5) is 0 Å². The molecule has 1 aliphatic rings. The summed E-state index contributed by atoms with van der Waals surface area (Å²) in [7, 11) is 5.55. The van der Waals surface area contributed by atoms with E-state index in [9.17, 15) is 5.11 Å². The number of rotatable bonds is 9. The van der Waals surface area contributed by atoms with Gasteiger partial charge in [-0.1, -0.05) is 78.9 Å². The summed E-state index contributed by atoms with van der Waals surface area (Å²) in [6, 6.07) is 35.8. The molecule has 4 aromatic rings. The third-order valence-corrected chi connectivity index (χ3v) is 7.97. The number of hydrogen-bond donors (Lipinski definition) is 1. The van der Waals surface area contributed by atoms with E-state index in [1.54, 1.807) is 7.11 Å². The Morgan fingerprint density at radius 2 is 1.40 bits per heavy atom. The van der Waals surface area contributed by atoms with Crippen molar-refractivity contribution in [1.29, 1.82) is 0 Å². The van der Waals surface area contributed by atoms with E-state index in [0.29, 0.717) is 6.54 Å². The molecule has 0 aliphatic carbocycles. The van der Waals surface area contributed by atoms with Crippen LogP contribution in [0, 0.1) is 0 Å². The van der Waals surface area contributed by atoms with Crippen molar-refractivity contribution in [3.8, 4) is 17.2 Å². The van der Waals surface area contributed by atoms with Crippen molar-refractivity contribution in [3.05, 3.63) is 125 Å². The third-order valence-electron chi connectivity index (χ3n) is 7.97. The first kappa shape index (κ1) is 27.8. The fourth-order valence-corrected chi connectivity index (χ4v) is 6.35. The number of methoxy groups -OCH3 is 1. The van der Waals surface area contributed by atoms with Crippen molar-refractivity contribution in [2.75, 3.05) is 34.4 Å². The number of aliphatic hydroxyl groups excluding tert-OH is 1. The first-order chi connectivity index (χ1) is 19.3. The van der Waals surface area contributed by atoms with Crippen LogP contribution in [0.3, 0.4) is 0 Å². The summed E-state index contributed by atoms with van der Waals surface area (Å²) >= 11 is 0. The molecule has 5 rings (SSSR count). The average molecular weight is 538 g/mol. The van der Waals surface area contributed by atoms with Gasteiger partial charge in [-0.3, -0.25) is 0 Å². The number of fused-ring (bicyclic) bond motifs is 1. The molecule has 4 aromatic carbocycles. The molecule has 0 bridgehead atoms. The van der Waals surface area contributed by atoms with Gasteiger partial charge in [0, 0.05) is 24.1 Å². The van der Waals surface area contributed by atoms with E-state index < -0.39 is 17.1 Å². The minimum Gasteiger partial charge on any atom is -0.497 e. The summed E-state index contributed by atoms with van der Waals surface area (Å²) in [4.78, 5) is 1.95. The van der Waals surface area contributed by atoms with Crippen LogP contribution < -0.4 is 14.2 Å². The van der Waals surface area contributed by atoms with E-state index in [1.165, 1.54) is 11.1 Å². The van der Waals surface area contributed by atoms with Gasteiger partial charge < -0.3 is 24.2 Å². The first-order valence-corrected chi connectivity index (χ1v) is 13.8. The van der Waals surface area contributed by atoms with E-state index in [2.05, 4.69) is 92.7 Å². The third kappa shape index (κ3) is 5.07. The molecule has 208 valence electrons. The molecular formula is C35H39NO4. The fraction of sp³-hybridized carbons (Fsp3) is 0.314. The smallest absolute Gasteiger partial charge is 0.127 e. The van der Waals surface area contributed by atoms with E-state index in [1.807, 2.05) is 43.3 Å². The molecular weight excluding hydrogens is 498 g/mol. The van der Waals surface area contributed by atoms with Gasteiger partial charge in [-0.25, -0.2) is 0 Å². The molecule has 0 saturated heterocycles. The first-order valence-electron chi connectivity index (χ1n) is 13.8. The summed E-state index contributed by atoms with van der Waals surface area (Å²) in [5.41, 5.74) is 3.43. The van der Waals surface area contributed by atoms with Crippen LogP contribution in [-0.2, 0) is 5.41 Å². The van der Waals surface area contributed by atoms with Gasteiger partial charge in [0.15, 0.2) is 0 Å². The van der Waals surface area contributed by atoms with Crippen molar-refractivity contribution in [2.24, 2.45) is 0 Å². The Morgan fingerprint density at radius 3 is 1.95 bits per heavy atom. The molecule has 2 atom stereocenters. The Labute approximate surface area is 238 Å². The zero-order valence-corrected chi connectivity index (χ0v) is 24.0. The van der Waals surface area contributed by atoms with Crippen molar-refractivity contribution in [1.82, 2.24) is 4.90 Å². The Bertz CT molecular complexity index is 1360. The number of nitrogens with zero attached hydrogens (tertiary/aromatic N) is 1. The highest BCUT2D eigenvalue weighted by Crippen LogP contribution is 2.60. The Morgan fingerprint density at radius 1 is 0.825 bits per heavy atom. The second kappa shape index (κ2) is 11.4. The number of aliphatic hydroxyl groups is 1. The van der Waals surface area contributed by atoms with Gasteiger partial charge in [0.05, 0.1) is 12.5 Å². The van der Waals surface area contributed by atoms with Crippen LogP contribution in [0.25, 0.3) is 0 Å². The predicted molar refractivity (Wildman–Crippen MR) is 160 cm³/mol. The van der Waals surface area contributed by atoms with Crippen LogP contribution in [-0.4, -0.2) is 56.1 Å². The molecule has 40 heavy (non-hydrogen) atoms. The largest absolute Gasteiger partial charge is 0.497 e. The summed E-state index contributed by atoms with van der Waals surface area (Å²) in [6.45, 7) is 5.16. The number of benzene rings is 4. The second-order valence-electron chi connectivity index (χ2n) is 11.3. The monoisotopic (exact) mass is 537 g/mol. The minimum atomic E-state index is -0.634. The molecule has 1 N–H and O–H groups in total. The minimum absolute atomic E-state index is 0.0738. The van der Waals surface area contributed by atoms with Crippen LogP contribution in [0.15, 0.2) is 103 Å². The second-order valence-corrected chi connectivity index (χ2v) is 11.3. The molecule has 0 amide bonds. The molecule has 0 fully saturated rings. The van der Waals surface area contributed by atoms with Gasteiger partial charge in [-0.2, -0.15) is 0 Å². The number of ether oxygens (including phenoxy) is 3. The highest BCUT2D eigenvalue weighted by molar-refractivity contribution is 5.60. The van der Waals surface area contributed by atoms with Crippen molar-refractivity contribution < 1.29 is 19.3 Å². The SMILES string of the molecule is COc1ccc2c(c1)OC(C)(C)C(c1ccccc1)(c1ccccc1)[C@@H]2c1ccc(OCC(O)CN(C)C)cc1. The molecule has 5 heteroatoms. The predicted octanol–water partition coefficient (Wildman–Crippen LogP) is 6.29. The van der Waals surface area contributed by atoms with E-state index >= 15 is 0 Å². The maximum atomic E-state index is 10.3. The molecule has 1 unspecified atom stereocenters. The Balaban J connectivity index is 1.68. The van der Waals surface area contributed by atoms with Gasteiger partial charge in [0.1, 0.15) is 35.6 Å². The summed E-state index contributed by atoms with van der Waals surface area (Å²) < 4.78 is 18.5. The van der Waals surface area contributed by atoms with Crippen molar-refractivity contribution >= 4 is 0 Å². The lowest BCUT2D eigenvalue weighted by molar-refractivity contribution is 0.0107. The fourth-order valence-electron chi connectivity index (χ4n) is 6.35. The maximum Gasteiger partial charge on any atom is 0.127 e. The van der Waals surface area contributed by atoms with Crippen LogP contribution in [0.1, 0.15) is 42.0 Å². The van der Waals surface area contributed by atoms with E-state index in [4.69, 9.17) is 14.2 Å². The van der Waals surface area contributed by atoms with E-state index in [-0.39, 0.29) is 12.5 Å². The molecule has 0 spiro atoms. The summed E-state index contributed by atoms with van der Waals surface area (Å²) in [5.74, 6) is 2.24. The van der Waals surface area contributed by atoms with Gasteiger partial charge >= 0.3 is 0 Å². The topological polar surface area (TPSA) is 51.2 Å². The molecule has 5 nitrogen and oxygen atoms in total. The lowest BCUT2D eigenvalue weighted by Gasteiger charge is -2.55. The normalized spacial score (nSPS) is 17.9. The van der Waals surface area contributed by atoms with Gasteiger partial charge in [0.2, 0.25) is 0 Å². The van der Waals surface area contributed by atoms with Gasteiger partial charge in [-0.05, 0) is 62.8 Å². The number of likely N-dealkylation sites (N-methyl/N-ethyl adjacent to an activating group) is 1. The molecule has 1 aliphatic heterocycles. The number of hydrogen-bond acceptors (Lipinski definition) is 5. The molecule has 0 radical (unpaired) electrons. The van der Waals surface area contributed by atoms with E-state index in [0.717, 1.165) is 28.4 Å². The quantitative estimate of drug-likeness (QED) is 0.272. The van der Waals surface area contributed by atoms with Crippen molar-refractivity contribution in [2.45, 2.75) is 36.9 Å². The average Bonchev–Trinajstić information content (AvgIpc) is 2.95. The van der Waals surface area contributed by atoms with Crippen LogP contribution >= 0.6 is 0 Å². The summed E-state index contributed by atoms with van der Waals surface area (Å²) in [5, 5.41) is 10.3. The van der Waals surface area contributed by atoms with Crippen LogP contribution in [0.2, 0.25) is 0 Å². The lowest BCUT2D eigenvalue weighted by Crippen LogP contribution is -2.58. The Hall–Kier alpha value is -3.80. The zero-order valence-electron chi connectivity index (χ0n) is 24.0. The lowest BCUT2D eigenvalue weighted by atomic mass is 9.53. The summed E-state index contributed by atoms with van der Waals surface area (Å²) in [6.07, 6.45) is -0.559. The molecule has 0 aromatic heterocycles. The standard InChI is InChI=1S/C35H39NO4/c1-34(2)35(26-12-8-6-9-13-26,27-14-10-7-11-15-27)33(31-21-20-30(38-5)22-32(31)40-34)25-16-18-29(19-17-25)39-24-28(37)23-36(3)4/h6-22,28,33,37H,23-24H2,1-5H3/t28?,33-/m1/s1. The Kier molecular flexibility index (Phi) is 7.88. The highest BCUT2D eigenvalue weighted by Gasteiger charge is 2.59. The maximum absolute atomic E-state index is 10.3. The van der Waals surface area contributed by atoms with Gasteiger partial charge in [-0.15, -0.1) is 0 Å². The molecule has 1 heterocycles. The zero-order chi connectivity index (χ0) is 28.3. The van der Waals surface area contributed by atoms with Crippen LogP contribution in [0.5, 0.6) is 17.2 Å². The highest BCUT2D eigenvalue weighted by atomic mass is 16.5.